The SMILES string of the molecule is CC(C)c1cc(-c2nnc(O)n2-c2ccc3c(ccn3CCNC(=O)CCCCCNC(=O)CCCC[C@H]3SCC4NC(=O)NC43)c2)c(O)cc1O. The molecule has 0 saturated carbocycles. The molecule has 4 amide bonds. The molecule has 6 rings (SSSR count). The molecule has 2 fully saturated rings. The lowest BCUT2D eigenvalue weighted by Gasteiger charge is -2.16. The highest BCUT2D eigenvalue weighted by Gasteiger charge is 2.42. The average molecular weight is 733 g/mol. The maximum atomic E-state index is 12.5. The Kier molecular flexibility index (Phi) is 11.8. The Bertz CT molecular complexity index is 1910. The molecule has 3 atom stereocenters. The zero-order valence-electron chi connectivity index (χ0n) is 29.6. The molecule has 52 heavy (non-hydrogen) atoms. The van der Waals surface area contributed by atoms with Gasteiger partial charge in [-0.2, -0.15) is 11.8 Å². The summed E-state index contributed by atoms with van der Waals surface area (Å²) in [5.41, 5.74) is 2.52. The van der Waals surface area contributed by atoms with Gasteiger partial charge in [0.2, 0.25) is 11.8 Å². The Balaban J connectivity index is 0.887. The second kappa shape index (κ2) is 16.6. The van der Waals surface area contributed by atoms with Gasteiger partial charge in [-0.15, -0.1) is 5.10 Å². The van der Waals surface area contributed by atoms with Gasteiger partial charge >= 0.3 is 12.0 Å². The first-order chi connectivity index (χ1) is 25.1. The molecule has 0 bridgehead atoms. The van der Waals surface area contributed by atoms with Crippen LogP contribution in [0.1, 0.15) is 76.7 Å². The van der Waals surface area contributed by atoms with Crippen molar-refractivity contribution >= 4 is 40.5 Å². The molecule has 14 nitrogen and oxygen atoms in total. The number of carbonyl (C=O) groups excluding carboxylic acids is 3. The maximum Gasteiger partial charge on any atom is 0.319 e. The van der Waals surface area contributed by atoms with E-state index in [-0.39, 0.29) is 59.2 Å². The summed E-state index contributed by atoms with van der Waals surface area (Å²) in [5, 5.41) is 52.8. The summed E-state index contributed by atoms with van der Waals surface area (Å²) in [6.45, 7) is 5.53. The number of thioether (sulfide) groups is 1. The van der Waals surface area contributed by atoms with E-state index < -0.39 is 0 Å². The highest BCUT2D eigenvalue weighted by Crippen LogP contribution is 2.39. The number of urea groups is 1. The summed E-state index contributed by atoms with van der Waals surface area (Å²) in [6, 6.07) is 10.6. The van der Waals surface area contributed by atoms with Crippen LogP contribution in [0.3, 0.4) is 0 Å². The number of carbonyl (C=O) groups is 3. The van der Waals surface area contributed by atoms with E-state index in [0.29, 0.717) is 54.5 Å². The average Bonchev–Trinajstić information content (AvgIpc) is 3.88. The number of phenols is 2. The van der Waals surface area contributed by atoms with Gasteiger partial charge in [0.25, 0.3) is 0 Å². The first kappa shape index (κ1) is 36.9. The molecule has 15 heteroatoms. The topological polar surface area (TPSA) is 196 Å². The number of nitrogens with zero attached hydrogens (tertiary/aromatic N) is 4. The predicted octanol–water partition coefficient (Wildman–Crippen LogP) is 4.65. The van der Waals surface area contributed by atoms with Crippen LogP contribution in [-0.2, 0) is 16.1 Å². The van der Waals surface area contributed by atoms with Crippen molar-refractivity contribution in [3.63, 3.8) is 0 Å². The van der Waals surface area contributed by atoms with Crippen molar-refractivity contribution in [3.05, 3.63) is 48.2 Å². The molecule has 2 unspecified atom stereocenters. The van der Waals surface area contributed by atoms with Crippen LogP contribution >= 0.6 is 11.8 Å². The van der Waals surface area contributed by atoms with Crippen molar-refractivity contribution in [2.24, 2.45) is 0 Å². The normalized spacial score (nSPS) is 18.1. The van der Waals surface area contributed by atoms with Gasteiger partial charge < -0.3 is 41.2 Å². The third-order valence-corrected chi connectivity index (χ3v) is 11.3. The minimum absolute atomic E-state index is 0.00352. The highest BCUT2D eigenvalue weighted by molar-refractivity contribution is 8.00. The highest BCUT2D eigenvalue weighted by atomic mass is 32.2. The summed E-state index contributed by atoms with van der Waals surface area (Å²) in [6.07, 6.45) is 8.12. The number of benzene rings is 2. The number of fused-ring (bicyclic) bond motifs is 2. The molecule has 0 aliphatic carbocycles. The van der Waals surface area contributed by atoms with E-state index in [1.165, 1.54) is 10.6 Å². The van der Waals surface area contributed by atoms with E-state index in [4.69, 9.17) is 0 Å². The van der Waals surface area contributed by atoms with Crippen molar-refractivity contribution in [2.75, 3.05) is 18.8 Å². The lowest BCUT2D eigenvalue weighted by atomic mass is 9.98. The fourth-order valence-corrected chi connectivity index (χ4v) is 8.57. The molecule has 2 aliphatic rings. The molecule has 0 radical (unpaired) electrons. The second-order valence-corrected chi connectivity index (χ2v) is 15.1. The number of aromatic hydroxyl groups is 3. The molecule has 2 aliphatic heterocycles. The van der Waals surface area contributed by atoms with Crippen molar-refractivity contribution in [1.82, 2.24) is 40.6 Å². The fraction of sp³-hybridized carbons (Fsp3) is 0.486. The van der Waals surface area contributed by atoms with Gasteiger partial charge in [-0.25, -0.2) is 9.36 Å². The van der Waals surface area contributed by atoms with Gasteiger partial charge in [0.1, 0.15) is 11.5 Å². The minimum atomic E-state index is -0.334. The number of phenolic OH excluding ortho intramolecular Hbond substituents is 2. The van der Waals surface area contributed by atoms with Crippen LogP contribution < -0.4 is 21.3 Å². The molecule has 2 saturated heterocycles. The quantitative estimate of drug-likeness (QED) is 0.0598. The summed E-state index contributed by atoms with van der Waals surface area (Å²) >= 11 is 1.90. The van der Waals surface area contributed by atoms with Crippen LogP contribution in [0.15, 0.2) is 42.6 Å². The van der Waals surface area contributed by atoms with Crippen molar-refractivity contribution in [2.45, 2.75) is 95.0 Å². The second-order valence-electron chi connectivity index (χ2n) is 13.9. The Hall–Kier alpha value is -4.92. The molecule has 278 valence electrons. The van der Waals surface area contributed by atoms with Gasteiger partial charge in [0.15, 0.2) is 5.82 Å². The molecule has 4 aromatic rings. The summed E-state index contributed by atoms with van der Waals surface area (Å²) in [5.74, 6) is 1.05. The van der Waals surface area contributed by atoms with Crippen LogP contribution in [0.4, 0.5) is 4.79 Å². The van der Waals surface area contributed by atoms with Crippen LogP contribution in [-0.4, -0.2) is 88.7 Å². The Morgan fingerprint density at radius 1 is 0.923 bits per heavy atom. The van der Waals surface area contributed by atoms with E-state index >= 15 is 0 Å². The molecule has 4 heterocycles. The lowest BCUT2D eigenvalue weighted by Crippen LogP contribution is -2.36. The molecule has 2 aromatic carbocycles. The van der Waals surface area contributed by atoms with Gasteiger partial charge in [-0.3, -0.25) is 9.59 Å². The van der Waals surface area contributed by atoms with Gasteiger partial charge in [-0.05, 0) is 67.5 Å². The first-order valence-electron chi connectivity index (χ1n) is 18.1. The van der Waals surface area contributed by atoms with E-state index in [2.05, 4.69) is 31.5 Å². The zero-order valence-corrected chi connectivity index (χ0v) is 30.4. The van der Waals surface area contributed by atoms with Crippen LogP contribution in [0.5, 0.6) is 17.5 Å². The van der Waals surface area contributed by atoms with Crippen LogP contribution in [0.25, 0.3) is 28.0 Å². The van der Waals surface area contributed by atoms with Gasteiger partial charge in [-0.1, -0.05) is 31.8 Å². The Labute approximate surface area is 306 Å². The minimum Gasteiger partial charge on any atom is -0.508 e. The van der Waals surface area contributed by atoms with Gasteiger partial charge in [0.05, 0.1) is 23.3 Å². The monoisotopic (exact) mass is 732 g/mol. The lowest BCUT2D eigenvalue weighted by molar-refractivity contribution is -0.122. The van der Waals surface area contributed by atoms with Crippen molar-refractivity contribution in [1.29, 1.82) is 0 Å². The molecule has 7 N–H and O–H groups in total. The predicted molar refractivity (Wildman–Crippen MR) is 200 cm³/mol. The van der Waals surface area contributed by atoms with Crippen molar-refractivity contribution < 1.29 is 29.7 Å². The number of aromatic nitrogens is 4. The maximum absolute atomic E-state index is 12.5. The number of nitrogens with one attached hydrogen (secondary N) is 4. The molecule has 2 aromatic heterocycles. The molecular weight excluding hydrogens is 685 g/mol. The van der Waals surface area contributed by atoms with E-state index in [1.807, 2.05) is 60.6 Å². The largest absolute Gasteiger partial charge is 0.508 e. The van der Waals surface area contributed by atoms with Crippen LogP contribution in [0.2, 0.25) is 0 Å². The number of unbranched alkanes of at least 4 members (excludes halogenated alkanes) is 3. The van der Waals surface area contributed by atoms with E-state index in [0.717, 1.165) is 55.2 Å². The number of amides is 4. The van der Waals surface area contributed by atoms with Crippen molar-refractivity contribution in [3.8, 4) is 34.6 Å². The summed E-state index contributed by atoms with van der Waals surface area (Å²) in [7, 11) is 0. The number of hydrogen-bond acceptors (Lipinski definition) is 9. The number of rotatable bonds is 17. The summed E-state index contributed by atoms with van der Waals surface area (Å²) < 4.78 is 3.50. The first-order valence-corrected chi connectivity index (χ1v) is 19.2. The Morgan fingerprint density at radius 3 is 2.48 bits per heavy atom. The van der Waals surface area contributed by atoms with E-state index in [9.17, 15) is 29.7 Å². The summed E-state index contributed by atoms with van der Waals surface area (Å²) in [4.78, 5) is 36.2. The third-order valence-electron chi connectivity index (χ3n) is 9.82. The van der Waals surface area contributed by atoms with Crippen LogP contribution in [0, 0.1) is 0 Å². The fourth-order valence-electron chi connectivity index (χ4n) is 7.03. The third kappa shape index (κ3) is 8.57. The smallest absolute Gasteiger partial charge is 0.319 e. The molecule has 0 spiro atoms. The Morgan fingerprint density at radius 2 is 1.69 bits per heavy atom. The van der Waals surface area contributed by atoms with Gasteiger partial charge in [0, 0.05) is 66.6 Å². The standard InChI is InChI=1S/C37H48N8O6S/c1-22(2)25-19-26(30(47)20-29(25)46)35-42-43-37(51)45(35)24-11-12-28-23(18-24)13-16-44(28)17-15-39-33(49)9-4-3-7-14-38-32(48)10-6-5-8-31-34-27(21-52-31)40-36(50)41-34/h11-13,16,18-20,22,27,31,34,46-47H,3-10,14-15,17,21H2,1-2H3,(H,38,48)(H,39,49)(H,43,51)(H2,40,41,50)/t27?,31-,34?/m1/s1. The number of hydrogen-bond donors (Lipinski definition) is 7. The zero-order chi connectivity index (χ0) is 36.8. The molecular formula is C37H48N8O6S. The van der Waals surface area contributed by atoms with E-state index in [1.54, 1.807) is 6.07 Å².